The smallest absolute Gasteiger partial charge is 0.407 e. The predicted molar refractivity (Wildman–Crippen MR) is 94.1 cm³/mol. The number of carbonyl (C=O) groups excluding carboxylic acids is 2. The lowest BCUT2D eigenvalue weighted by Crippen LogP contribution is -2.35. The number of amides is 1. The van der Waals surface area contributed by atoms with Crippen LogP contribution in [0.3, 0.4) is 0 Å². The minimum atomic E-state index is -1.54. The van der Waals surface area contributed by atoms with Crippen molar-refractivity contribution in [2.75, 3.05) is 6.54 Å². The predicted octanol–water partition coefficient (Wildman–Crippen LogP) is 1.73. The number of aldehydes is 1. The van der Waals surface area contributed by atoms with Crippen LogP contribution >= 0.6 is 0 Å². The molecule has 0 saturated carbocycles. The second-order valence-corrected chi connectivity index (χ2v) is 5.69. The van der Waals surface area contributed by atoms with E-state index in [9.17, 15) is 29.9 Å². The highest BCUT2D eigenvalue weighted by molar-refractivity contribution is 5.76. The van der Waals surface area contributed by atoms with E-state index in [1.807, 2.05) is 6.07 Å². The number of alkyl carbamates (subject to hydrolysis) is 1. The maximum absolute atomic E-state index is 11.7. The van der Waals surface area contributed by atoms with Crippen LogP contribution in [0, 0.1) is 10.1 Å². The second-order valence-electron chi connectivity index (χ2n) is 5.69. The monoisotopic (exact) mass is 374 g/mol. The van der Waals surface area contributed by atoms with Crippen molar-refractivity contribution in [1.82, 2.24) is 5.32 Å². The van der Waals surface area contributed by atoms with E-state index in [2.05, 4.69) is 5.32 Å². The van der Waals surface area contributed by atoms with Crippen molar-refractivity contribution < 1.29 is 29.5 Å². The number of nitrogens with one attached hydrogen (secondary N) is 1. The van der Waals surface area contributed by atoms with Gasteiger partial charge >= 0.3 is 6.09 Å². The number of benzene rings is 2. The van der Waals surface area contributed by atoms with Crippen LogP contribution in [0.1, 0.15) is 27.6 Å². The van der Waals surface area contributed by atoms with Crippen LogP contribution in [0.25, 0.3) is 0 Å². The summed E-state index contributed by atoms with van der Waals surface area (Å²) in [6.45, 7) is -0.313. The third-order valence-electron chi connectivity index (χ3n) is 3.68. The number of non-ortho nitro benzene ring substituents is 1. The molecular formula is C18H18N2O7. The van der Waals surface area contributed by atoms with Crippen molar-refractivity contribution in [3.05, 3.63) is 75.3 Å². The summed E-state index contributed by atoms with van der Waals surface area (Å²) >= 11 is 0. The Morgan fingerprint density at radius 3 is 2.56 bits per heavy atom. The first-order valence-corrected chi connectivity index (χ1v) is 7.96. The molecule has 2 unspecified atom stereocenters. The van der Waals surface area contributed by atoms with Gasteiger partial charge in [-0.3, -0.25) is 14.9 Å². The minimum Gasteiger partial charge on any atom is -0.445 e. The first kappa shape index (κ1) is 20.0. The molecule has 142 valence electrons. The molecule has 2 rings (SSSR count). The van der Waals surface area contributed by atoms with Gasteiger partial charge in [-0.1, -0.05) is 30.3 Å². The van der Waals surface area contributed by atoms with Gasteiger partial charge in [0, 0.05) is 24.2 Å². The van der Waals surface area contributed by atoms with Gasteiger partial charge in [0.2, 0.25) is 0 Å². The van der Waals surface area contributed by atoms with E-state index < -0.39 is 28.9 Å². The van der Waals surface area contributed by atoms with E-state index in [0.29, 0.717) is 6.29 Å². The molecule has 0 fully saturated rings. The third kappa shape index (κ3) is 5.87. The lowest BCUT2D eigenvalue weighted by Gasteiger charge is -2.19. The standard InChI is InChI=1S/C18H18N2O7/c21-10-13-6-14(8-15(7-13)20(25)26)17(23)16(22)9-19-18(24)27-11-12-4-2-1-3-5-12/h1-8,10,16-17,22-23H,9,11H2,(H,19,24). The van der Waals surface area contributed by atoms with Gasteiger partial charge in [0.1, 0.15) is 25.1 Å². The van der Waals surface area contributed by atoms with Crippen molar-refractivity contribution >= 4 is 18.1 Å². The largest absolute Gasteiger partial charge is 0.445 e. The number of nitro benzene ring substituents is 1. The molecule has 0 aliphatic rings. The lowest BCUT2D eigenvalue weighted by molar-refractivity contribution is -0.385. The number of aliphatic hydroxyl groups is 2. The molecule has 2 aromatic rings. The summed E-state index contributed by atoms with van der Waals surface area (Å²) in [4.78, 5) is 32.7. The van der Waals surface area contributed by atoms with E-state index in [1.54, 1.807) is 24.3 Å². The number of carbonyl (C=O) groups is 2. The molecule has 0 spiro atoms. The molecule has 0 saturated heterocycles. The van der Waals surface area contributed by atoms with E-state index in [1.165, 1.54) is 6.07 Å². The van der Waals surface area contributed by atoms with Gasteiger partial charge < -0.3 is 20.3 Å². The lowest BCUT2D eigenvalue weighted by atomic mass is 10.0. The molecule has 0 bridgehead atoms. The van der Waals surface area contributed by atoms with Gasteiger partial charge in [0.05, 0.1) is 4.92 Å². The summed E-state index contributed by atoms with van der Waals surface area (Å²) < 4.78 is 4.97. The summed E-state index contributed by atoms with van der Waals surface area (Å²) in [6.07, 6.45) is -3.40. The van der Waals surface area contributed by atoms with Gasteiger partial charge in [0.25, 0.3) is 5.69 Å². The molecule has 27 heavy (non-hydrogen) atoms. The summed E-state index contributed by atoms with van der Waals surface area (Å²) in [5.41, 5.74) is 0.362. The van der Waals surface area contributed by atoms with Crippen LogP contribution in [0.4, 0.5) is 10.5 Å². The Balaban J connectivity index is 1.92. The number of hydrogen-bond acceptors (Lipinski definition) is 7. The fourth-order valence-electron chi connectivity index (χ4n) is 2.30. The first-order chi connectivity index (χ1) is 12.9. The summed E-state index contributed by atoms with van der Waals surface area (Å²) in [7, 11) is 0. The Bertz CT molecular complexity index is 811. The Labute approximate surface area is 154 Å². The van der Waals surface area contributed by atoms with Crippen molar-refractivity contribution in [1.29, 1.82) is 0 Å². The average Bonchev–Trinajstić information content (AvgIpc) is 2.70. The van der Waals surface area contributed by atoms with Crippen LogP contribution in [0.15, 0.2) is 48.5 Å². The molecule has 0 aromatic heterocycles. The number of nitrogens with zero attached hydrogens (tertiary/aromatic N) is 1. The van der Waals surface area contributed by atoms with Gasteiger partial charge in [0.15, 0.2) is 0 Å². The summed E-state index contributed by atoms with van der Waals surface area (Å²) in [5.74, 6) is 0. The fourth-order valence-corrected chi connectivity index (χ4v) is 2.30. The quantitative estimate of drug-likeness (QED) is 0.363. The molecule has 2 atom stereocenters. The van der Waals surface area contributed by atoms with Crippen LogP contribution in [0.5, 0.6) is 0 Å². The SMILES string of the molecule is O=Cc1cc(C(O)C(O)CNC(=O)OCc2ccccc2)cc([N+](=O)[O-])c1. The Morgan fingerprint density at radius 2 is 1.93 bits per heavy atom. The normalized spacial score (nSPS) is 12.7. The van der Waals surface area contributed by atoms with Gasteiger partial charge in [-0.2, -0.15) is 0 Å². The first-order valence-electron chi connectivity index (χ1n) is 7.96. The van der Waals surface area contributed by atoms with Crippen molar-refractivity contribution in [3.63, 3.8) is 0 Å². The molecule has 9 heteroatoms. The Morgan fingerprint density at radius 1 is 1.22 bits per heavy atom. The van der Waals surface area contributed by atoms with Gasteiger partial charge in [-0.25, -0.2) is 4.79 Å². The summed E-state index contributed by atoms with van der Waals surface area (Å²) in [5, 5.41) is 33.4. The van der Waals surface area contributed by atoms with Crippen molar-refractivity contribution in [2.24, 2.45) is 0 Å². The molecular weight excluding hydrogens is 356 g/mol. The zero-order valence-corrected chi connectivity index (χ0v) is 14.1. The highest BCUT2D eigenvalue weighted by atomic mass is 16.6. The van der Waals surface area contributed by atoms with Crippen LogP contribution in [-0.2, 0) is 11.3 Å². The third-order valence-corrected chi connectivity index (χ3v) is 3.68. The Hall–Kier alpha value is -3.30. The van der Waals surface area contributed by atoms with Gasteiger partial charge in [-0.15, -0.1) is 0 Å². The molecule has 0 heterocycles. The summed E-state index contributed by atoms with van der Waals surface area (Å²) in [6, 6.07) is 12.3. The number of nitro groups is 1. The molecule has 0 aliphatic heterocycles. The van der Waals surface area contributed by atoms with E-state index in [0.717, 1.165) is 17.7 Å². The topological polar surface area (TPSA) is 139 Å². The number of rotatable bonds is 8. The highest BCUT2D eigenvalue weighted by Gasteiger charge is 2.22. The highest BCUT2D eigenvalue weighted by Crippen LogP contribution is 2.23. The molecule has 0 aliphatic carbocycles. The zero-order valence-electron chi connectivity index (χ0n) is 14.1. The fraction of sp³-hybridized carbons (Fsp3) is 0.222. The zero-order chi connectivity index (χ0) is 19.8. The number of hydrogen-bond donors (Lipinski definition) is 3. The van der Waals surface area contributed by atoms with Gasteiger partial charge in [-0.05, 0) is 17.2 Å². The molecule has 0 radical (unpaired) electrons. The maximum Gasteiger partial charge on any atom is 0.407 e. The van der Waals surface area contributed by atoms with Crippen LogP contribution in [-0.4, -0.2) is 40.2 Å². The average molecular weight is 374 g/mol. The van der Waals surface area contributed by atoms with E-state index in [-0.39, 0.29) is 24.3 Å². The van der Waals surface area contributed by atoms with E-state index >= 15 is 0 Å². The number of aliphatic hydroxyl groups excluding tert-OH is 2. The van der Waals surface area contributed by atoms with E-state index in [4.69, 9.17) is 4.74 Å². The van der Waals surface area contributed by atoms with Crippen molar-refractivity contribution in [3.8, 4) is 0 Å². The van der Waals surface area contributed by atoms with Crippen molar-refractivity contribution in [2.45, 2.75) is 18.8 Å². The van der Waals surface area contributed by atoms with Crippen LogP contribution < -0.4 is 5.32 Å². The second kappa shape index (κ2) is 9.41. The molecule has 3 N–H and O–H groups in total. The van der Waals surface area contributed by atoms with Crippen LogP contribution in [0.2, 0.25) is 0 Å². The Kier molecular flexibility index (Phi) is 6.98. The molecule has 2 aromatic carbocycles. The molecule has 1 amide bonds. The minimum absolute atomic E-state index is 0.0133. The number of ether oxygens (including phenoxy) is 1. The maximum atomic E-state index is 11.7. The molecule has 9 nitrogen and oxygen atoms in total.